The zero-order valence-corrected chi connectivity index (χ0v) is 16.1. The molecule has 0 saturated carbocycles. The summed E-state index contributed by atoms with van der Waals surface area (Å²) in [6.45, 7) is 2.29. The minimum absolute atomic E-state index is 0.232. The maximum absolute atomic E-state index is 13.0. The van der Waals surface area contributed by atoms with Crippen molar-refractivity contribution in [1.29, 1.82) is 0 Å². The van der Waals surface area contributed by atoms with Crippen molar-refractivity contribution in [3.05, 3.63) is 106 Å². The van der Waals surface area contributed by atoms with Gasteiger partial charge < -0.3 is 10.0 Å². The minimum Gasteiger partial charge on any atom is -0.503 e. The molecule has 1 aliphatic heterocycles. The molecule has 0 aliphatic carbocycles. The summed E-state index contributed by atoms with van der Waals surface area (Å²) in [4.78, 5) is 19.0. The minimum atomic E-state index is -0.448. The van der Waals surface area contributed by atoms with Gasteiger partial charge in [-0.3, -0.25) is 9.78 Å². The van der Waals surface area contributed by atoms with Crippen molar-refractivity contribution in [3.8, 4) is 0 Å². The van der Waals surface area contributed by atoms with Gasteiger partial charge in [0.25, 0.3) is 5.91 Å². The Balaban J connectivity index is 1.83. The normalized spacial score (nSPS) is 16.7. The summed E-state index contributed by atoms with van der Waals surface area (Å²) in [5.74, 6) is -0.643. The number of aryl methyl sites for hydroxylation is 1. The molecule has 0 fully saturated rings. The first-order valence-corrected chi connectivity index (χ1v) is 9.39. The monoisotopic (exact) mass is 390 g/mol. The first kappa shape index (κ1) is 18.3. The fourth-order valence-electron chi connectivity index (χ4n) is 3.53. The number of nitrogens with zero attached hydrogens (tertiary/aromatic N) is 2. The van der Waals surface area contributed by atoms with E-state index in [1.165, 1.54) is 0 Å². The van der Waals surface area contributed by atoms with Gasteiger partial charge in [0.05, 0.1) is 18.3 Å². The van der Waals surface area contributed by atoms with Crippen LogP contribution in [0.3, 0.4) is 0 Å². The van der Waals surface area contributed by atoms with Crippen LogP contribution in [-0.2, 0) is 11.3 Å². The predicted molar refractivity (Wildman–Crippen MR) is 110 cm³/mol. The van der Waals surface area contributed by atoms with Crippen LogP contribution in [0.2, 0.25) is 5.02 Å². The highest BCUT2D eigenvalue weighted by Crippen LogP contribution is 2.44. The van der Waals surface area contributed by atoms with Crippen LogP contribution < -0.4 is 0 Å². The number of carbonyl (C=O) groups is 1. The average Bonchev–Trinajstić information content (AvgIpc) is 2.94. The van der Waals surface area contributed by atoms with Gasteiger partial charge in [-0.15, -0.1) is 0 Å². The van der Waals surface area contributed by atoms with Crippen LogP contribution in [0.5, 0.6) is 0 Å². The largest absolute Gasteiger partial charge is 0.503 e. The van der Waals surface area contributed by atoms with E-state index in [1.807, 2.05) is 67.6 Å². The molecule has 0 radical (unpaired) electrons. The van der Waals surface area contributed by atoms with Crippen LogP contribution in [0.4, 0.5) is 0 Å². The number of halogens is 1. The van der Waals surface area contributed by atoms with Gasteiger partial charge in [-0.1, -0.05) is 59.6 Å². The van der Waals surface area contributed by atoms with Crippen LogP contribution in [0.1, 0.15) is 28.4 Å². The fraction of sp³-hybridized carbons (Fsp3) is 0.130. The van der Waals surface area contributed by atoms with Crippen LogP contribution in [0.15, 0.2) is 78.7 Å². The topological polar surface area (TPSA) is 53.4 Å². The molecule has 4 rings (SSSR count). The molecule has 2 heterocycles. The number of amides is 1. The second kappa shape index (κ2) is 7.49. The van der Waals surface area contributed by atoms with E-state index >= 15 is 0 Å². The Kier molecular flexibility index (Phi) is 4.88. The van der Waals surface area contributed by atoms with E-state index in [9.17, 15) is 9.90 Å². The Morgan fingerprint density at radius 3 is 2.54 bits per heavy atom. The number of aromatic nitrogens is 1. The Hall–Kier alpha value is -3.11. The van der Waals surface area contributed by atoms with Crippen molar-refractivity contribution >= 4 is 23.1 Å². The van der Waals surface area contributed by atoms with Gasteiger partial charge in [-0.2, -0.15) is 0 Å². The molecule has 0 spiro atoms. The molecule has 1 aromatic heterocycles. The Bertz CT molecular complexity index is 1050. The molecule has 0 saturated heterocycles. The van der Waals surface area contributed by atoms with Gasteiger partial charge in [-0.25, -0.2) is 0 Å². The zero-order valence-electron chi connectivity index (χ0n) is 15.3. The highest BCUT2D eigenvalue weighted by molar-refractivity contribution is 6.30. The molecule has 1 aliphatic rings. The van der Waals surface area contributed by atoms with Gasteiger partial charge >= 0.3 is 0 Å². The van der Waals surface area contributed by atoms with Crippen LogP contribution >= 0.6 is 11.6 Å². The highest BCUT2D eigenvalue weighted by atomic mass is 35.5. The van der Waals surface area contributed by atoms with Crippen molar-refractivity contribution in [2.45, 2.75) is 19.5 Å². The lowest BCUT2D eigenvalue weighted by atomic mass is 9.93. The summed E-state index contributed by atoms with van der Waals surface area (Å²) in [7, 11) is 0. The second-order valence-electron chi connectivity index (χ2n) is 6.84. The molecule has 0 bridgehead atoms. The first-order valence-electron chi connectivity index (χ1n) is 9.01. The van der Waals surface area contributed by atoms with Crippen LogP contribution in [0.25, 0.3) is 5.57 Å². The Morgan fingerprint density at radius 2 is 1.86 bits per heavy atom. The summed E-state index contributed by atoms with van der Waals surface area (Å²) >= 11 is 6.22. The quantitative estimate of drug-likeness (QED) is 0.674. The maximum atomic E-state index is 13.0. The number of hydrogen-bond donors (Lipinski definition) is 1. The summed E-state index contributed by atoms with van der Waals surface area (Å²) in [5.41, 5.74) is 4.10. The molecule has 1 unspecified atom stereocenters. The summed E-state index contributed by atoms with van der Waals surface area (Å²) in [6.07, 6.45) is 1.69. The van der Waals surface area contributed by atoms with E-state index in [-0.39, 0.29) is 12.3 Å². The number of carbonyl (C=O) groups excluding carboxylic acids is 1. The predicted octanol–water partition coefficient (Wildman–Crippen LogP) is 5.10. The molecular weight excluding hydrogens is 372 g/mol. The molecule has 4 nitrogen and oxygen atoms in total. The molecule has 3 aromatic rings. The van der Waals surface area contributed by atoms with Gasteiger partial charge in [-0.05, 0) is 42.3 Å². The van der Waals surface area contributed by atoms with E-state index in [1.54, 1.807) is 17.2 Å². The van der Waals surface area contributed by atoms with E-state index in [4.69, 9.17) is 11.6 Å². The van der Waals surface area contributed by atoms with Crippen LogP contribution in [0, 0.1) is 6.92 Å². The van der Waals surface area contributed by atoms with E-state index in [0.29, 0.717) is 10.6 Å². The lowest BCUT2D eigenvalue weighted by Gasteiger charge is -2.27. The third-order valence-electron chi connectivity index (χ3n) is 4.89. The molecule has 140 valence electrons. The SMILES string of the molecule is Cc1ccc(C2=C(O)C(=O)N(Cc3ccccn3)C2c2cccc(Cl)c2)cc1. The standard InChI is InChI=1S/C23H19ClN2O2/c1-15-8-10-16(11-9-15)20-21(17-5-4-6-18(24)13-17)26(23(28)22(20)27)14-19-7-2-3-12-25-19/h2-13,21,27H,14H2,1H3. The molecule has 1 amide bonds. The zero-order chi connectivity index (χ0) is 19.7. The Morgan fingerprint density at radius 1 is 1.07 bits per heavy atom. The summed E-state index contributed by atoms with van der Waals surface area (Å²) < 4.78 is 0. The number of aliphatic hydroxyl groups excluding tert-OH is 1. The third-order valence-corrected chi connectivity index (χ3v) is 5.12. The summed E-state index contributed by atoms with van der Waals surface area (Å²) in [5, 5.41) is 11.3. The number of aliphatic hydroxyl groups is 1. The van der Waals surface area contributed by atoms with Crippen molar-refractivity contribution in [2.75, 3.05) is 0 Å². The Labute approximate surface area is 168 Å². The van der Waals surface area contributed by atoms with Crippen molar-refractivity contribution in [2.24, 2.45) is 0 Å². The van der Waals surface area contributed by atoms with Gasteiger partial charge in [0.1, 0.15) is 0 Å². The van der Waals surface area contributed by atoms with Crippen molar-refractivity contribution < 1.29 is 9.90 Å². The van der Waals surface area contributed by atoms with E-state index in [0.717, 1.165) is 22.4 Å². The molecule has 28 heavy (non-hydrogen) atoms. The lowest BCUT2D eigenvalue weighted by molar-refractivity contribution is -0.130. The average molecular weight is 391 g/mol. The van der Waals surface area contributed by atoms with Gasteiger partial charge in [0.15, 0.2) is 5.76 Å². The summed E-state index contributed by atoms with van der Waals surface area (Å²) in [6, 6.07) is 20.3. The van der Waals surface area contributed by atoms with Gasteiger partial charge in [0, 0.05) is 16.8 Å². The number of benzene rings is 2. The second-order valence-corrected chi connectivity index (χ2v) is 7.28. The molecule has 5 heteroatoms. The van der Waals surface area contributed by atoms with E-state index < -0.39 is 11.9 Å². The lowest BCUT2D eigenvalue weighted by Crippen LogP contribution is -2.30. The molecule has 2 aromatic carbocycles. The molecule has 1 atom stereocenters. The van der Waals surface area contributed by atoms with Gasteiger partial charge in [0.2, 0.25) is 0 Å². The van der Waals surface area contributed by atoms with Crippen molar-refractivity contribution in [1.82, 2.24) is 9.88 Å². The van der Waals surface area contributed by atoms with Crippen molar-refractivity contribution in [3.63, 3.8) is 0 Å². The number of rotatable bonds is 4. The smallest absolute Gasteiger partial charge is 0.290 e. The highest BCUT2D eigenvalue weighted by Gasteiger charge is 2.41. The molecule has 1 N–H and O–H groups in total. The fourth-order valence-corrected chi connectivity index (χ4v) is 3.73. The van der Waals surface area contributed by atoms with E-state index in [2.05, 4.69) is 4.98 Å². The third kappa shape index (κ3) is 3.39. The van der Waals surface area contributed by atoms with Crippen LogP contribution in [-0.4, -0.2) is 20.9 Å². The number of hydrogen-bond acceptors (Lipinski definition) is 3. The maximum Gasteiger partial charge on any atom is 0.290 e. The molecular formula is C23H19ClN2O2. The number of pyridine rings is 1. The first-order chi connectivity index (χ1) is 13.5.